The number of imidazole rings is 1. The maximum absolute atomic E-state index is 4.66. The maximum atomic E-state index is 4.66. The normalized spacial score (nSPS) is 12.1. The molecule has 4 rings (SSSR count). The molecule has 1 aromatic carbocycles. The zero-order valence-electron chi connectivity index (χ0n) is 15.4. The van der Waals surface area contributed by atoms with E-state index in [2.05, 4.69) is 68.6 Å². The minimum absolute atomic E-state index is 0.575. The van der Waals surface area contributed by atoms with Crippen molar-refractivity contribution in [1.29, 1.82) is 0 Å². The second-order valence-electron chi connectivity index (χ2n) is 6.37. The monoisotopic (exact) mass is 380 g/mol. The lowest BCUT2D eigenvalue weighted by atomic mass is 10.2. The number of hydrogen-bond acceptors (Lipinski definition) is 3. The number of benzene rings is 1. The van der Waals surface area contributed by atoms with Crippen LogP contribution in [0.2, 0.25) is 0 Å². The van der Waals surface area contributed by atoms with Gasteiger partial charge in [-0.25, -0.2) is 9.98 Å². The van der Waals surface area contributed by atoms with Crippen LogP contribution >= 0.6 is 11.3 Å². The minimum atomic E-state index is 0.575. The number of hydrogen-bond donors (Lipinski definition) is 2. The second kappa shape index (κ2) is 8.26. The lowest BCUT2D eigenvalue weighted by Gasteiger charge is -2.11. The third-order valence-electron chi connectivity index (χ3n) is 4.43. The molecule has 0 radical (unpaired) electrons. The van der Waals surface area contributed by atoms with E-state index in [1.54, 1.807) is 11.3 Å². The van der Waals surface area contributed by atoms with Crippen molar-refractivity contribution in [3.63, 3.8) is 0 Å². The summed E-state index contributed by atoms with van der Waals surface area (Å²) >= 11 is 1.64. The highest BCUT2D eigenvalue weighted by Gasteiger charge is 2.03. The summed E-state index contributed by atoms with van der Waals surface area (Å²) in [7, 11) is 0. The first kappa shape index (κ1) is 17.6. The second-order valence-corrected chi connectivity index (χ2v) is 7.24. The van der Waals surface area contributed by atoms with E-state index in [9.17, 15) is 0 Å². The first-order valence-corrected chi connectivity index (χ1v) is 10.2. The van der Waals surface area contributed by atoms with Gasteiger partial charge in [0, 0.05) is 49.1 Å². The third-order valence-corrected chi connectivity index (χ3v) is 5.21. The molecule has 27 heavy (non-hydrogen) atoms. The quantitative estimate of drug-likeness (QED) is 0.293. The van der Waals surface area contributed by atoms with Gasteiger partial charge in [-0.05, 0) is 30.9 Å². The summed E-state index contributed by atoms with van der Waals surface area (Å²) in [5.41, 5.74) is 2.27. The van der Waals surface area contributed by atoms with Crippen molar-refractivity contribution in [2.75, 3.05) is 13.1 Å². The van der Waals surface area contributed by atoms with Gasteiger partial charge in [0.05, 0.1) is 12.2 Å². The molecule has 0 amide bonds. The average Bonchev–Trinajstić information content (AvgIpc) is 3.38. The van der Waals surface area contributed by atoms with Crippen LogP contribution in [0.15, 0.2) is 59.3 Å². The van der Waals surface area contributed by atoms with E-state index in [1.807, 2.05) is 22.2 Å². The number of aryl methyl sites for hydroxylation is 1. The van der Waals surface area contributed by atoms with Crippen molar-refractivity contribution in [3.05, 3.63) is 60.0 Å². The molecule has 0 aliphatic carbocycles. The molecule has 0 fully saturated rings. The Balaban J connectivity index is 1.30. The van der Waals surface area contributed by atoms with Crippen LogP contribution in [-0.4, -0.2) is 33.0 Å². The predicted octanol–water partition coefficient (Wildman–Crippen LogP) is 3.50. The highest BCUT2D eigenvalue weighted by Crippen LogP contribution is 2.15. The number of rotatable bonds is 7. The van der Waals surface area contributed by atoms with Gasteiger partial charge in [-0.3, -0.25) is 4.40 Å². The molecule has 0 saturated heterocycles. The van der Waals surface area contributed by atoms with Crippen molar-refractivity contribution < 1.29 is 0 Å². The van der Waals surface area contributed by atoms with Gasteiger partial charge in [-0.15, -0.1) is 11.3 Å². The highest BCUT2D eigenvalue weighted by molar-refractivity contribution is 7.15. The average molecular weight is 381 g/mol. The fourth-order valence-corrected chi connectivity index (χ4v) is 3.86. The van der Waals surface area contributed by atoms with Crippen molar-refractivity contribution in [2.24, 2.45) is 4.99 Å². The Morgan fingerprint density at radius 1 is 1.19 bits per heavy atom. The van der Waals surface area contributed by atoms with Gasteiger partial charge in [0.15, 0.2) is 10.9 Å². The zero-order valence-corrected chi connectivity index (χ0v) is 16.2. The molecule has 0 atom stereocenters. The van der Waals surface area contributed by atoms with E-state index in [0.717, 1.165) is 42.7 Å². The molecule has 7 heteroatoms. The van der Waals surface area contributed by atoms with Gasteiger partial charge < -0.3 is 15.2 Å². The van der Waals surface area contributed by atoms with Crippen LogP contribution in [0.4, 0.5) is 0 Å². The van der Waals surface area contributed by atoms with E-state index in [-0.39, 0.29) is 0 Å². The molecule has 0 spiro atoms. The van der Waals surface area contributed by atoms with Gasteiger partial charge in [-0.2, -0.15) is 0 Å². The van der Waals surface area contributed by atoms with Gasteiger partial charge in [-0.1, -0.05) is 18.2 Å². The summed E-state index contributed by atoms with van der Waals surface area (Å²) in [6.45, 7) is 5.35. The predicted molar refractivity (Wildman–Crippen MR) is 112 cm³/mol. The summed E-state index contributed by atoms with van der Waals surface area (Å²) in [6, 6.07) is 10.7. The van der Waals surface area contributed by atoms with Gasteiger partial charge in [0.1, 0.15) is 0 Å². The Morgan fingerprint density at radius 3 is 3.00 bits per heavy atom. The van der Waals surface area contributed by atoms with Crippen molar-refractivity contribution >= 4 is 33.2 Å². The van der Waals surface area contributed by atoms with Gasteiger partial charge in [0.25, 0.3) is 0 Å². The Kier molecular flexibility index (Phi) is 5.39. The summed E-state index contributed by atoms with van der Waals surface area (Å²) < 4.78 is 4.34. The molecule has 2 N–H and O–H groups in total. The fourth-order valence-electron chi connectivity index (χ4n) is 3.15. The first-order chi connectivity index (χ1) is 13.3. The Labute approximate surface area is 162 Å². The number of guanidine groups is 1. The maximum Gasteiger partial charge on any atom is 0.193 e. The van der Waals surface area contributed by atoms with Crippen LogP contribution in [0.1, 0.15) is 19.0 Å². The van der Waals surface area contributed by atoms with E-state index < -0.39 is 0 Å². The number of nitrogens with zero attached hydrogens (tertiary/aromatic N) is 4. The summed E-state index contributed by atoms with van der Waals surface area (Å²) in [4.78, 5) is 10.3. The largest absolute Gasteiger partial charge is 0.357 e. The molecule has 0 aliphatic rings. The standard InChI is InChI=1S/C20H24N6S/c1-2-21-19(23-14-17-15-26-12-13-27-20(26)24-17)22-9-5-10-25-11-8-16-6-3-4-7-18(16)25/h3-4,6-8,11-13,15H,2,5,9-10,14H2,1H3,(H2,21,22,23). The number of thiazole rings is 1. The van der Waals surface area contributed by atoms with Crippen molar-refractivity contribution in [2.45, 2.75) is 26.4 Å². The fraction of sp³-hybridized carbons (Fsp3) is 0.300. The SMILES string of the molecule is CCNC(=NCc1cn2ccsc2n1)NCCCn1ccc2ccccc21. The van der Waals surface area contributed by atoms with Gasteiger partial charge >= 0.3 is 0 Å². The number of fused-ring (bicyclic) bond motifs is 2. The lowest BCUT2D eigenvalue weighted by Crippen LogP contribution is -2.38. The van der Waals surface area contributed by atoms with Crippen LogP contribution in [-0.2, 0) is 13.1 Å². The molecular formula is C20H24N6S. The van der Waals surface area contributed by atoms with Crippen LogP contribution in [0.5, 0.6) is 0 Å². The summed E-state index contributed by atoms with van der Waals surface area (Å²) in [5, 5.41) is 10.1. The first-order valence-electron chi connectivity index (χ1n) is 9.30. The molecule has 0 aliphatic heterocycles. The molecule has 0 bridgehead atoms. The molecule has 6 nitrogen and oxygen atoms in total. The third kappa shape index (κ3) is 4.14. The highest BCUT2D eigenvalue weighted by atomic mass is 32.1. The van der Waals surface area contributed by atoms with Crippen LogP contribution in [0.25, 0.3) is 15.9 Å². The Hall–Kier alpha value is -2.80. The molecule has 0 saturated carbocycles. The zero-order chi connectivity index (χ0) is 18.5. The number of para-hydroxylation sites is 1. The Bertz CT molecular complexity index is 1010. The van der Waals surface area contributed by atoms with E-state index >= 15 is 0 Å². The van der Waals surface area contributed by atoms with Crippen LogP contribution < -0.4 is 10.6 Å². The Morgan fingerprint density at radius 2 is 2.11 bits per heavy atom. The molecule has 3 aromatic heterocycles. The topological polar surface area (TPSA) is 58.6 Å². The number of nitrogens with one attached hydrogen (secondary N) is 2. The van der Waals surface area contributed by atoms with Crippen molar-refractivity contribution in [3.8, 4) is 0 Å². The molecular weight excluding hydrogens is 356 g/mol. The summed E-state index contributed by atoms with van der Waals surface area (Å²) in [5.74, 6) is 0.839. The summed E-state index contributed by atoms with van der Waals surface area (Å²) in [6.07, 6.45) is 7.25. The lowest BCUT2D eigenvalue weighted by molar-refractivity contribution is 0.641. The molecule has 0 unspecified atom stereocenters. The van der Waals surface area contributed by atoms with Crippen LogP contribution in [0, 0.1) is 0 Å². The van der Waals surface area contributed by atoms with E-state index in [1.165, 1.54) is 10.9 Å². The van der Waals surface area contributed by atoms with E-state index in [4.69, 9.17) is 0 Å². The van der Waals surface area contributed by atoms with E-state index in [0.29, 0.717) is 6.54 Å². The van der Waals surface area contributed by atoms with Gasteiger partial charge in [0.2, 0.25) is 0 Å². The van der Waals surface area contributed by atoms with Crippen molar-refractivity contribution in [1.82, 2.24) is 24.6 Å². The molecule has 3 heterocycles. The molecule has 140 valence electrons. The minimum Gasteiger partial charge on any atom is -0.357 e. The molecule has 4 aromatic rings. The number of aliphatic imine (C=N–C) groups is 1. The number of aromatic nitrogens is 3. The van der Waals surface area contributed by atoms with Crippen LogP contribution in [0.3, 0.4) is 0 Å². The smallest absolute Gasteiger partial charge is 0.193 e.